The van der Waals surface area contributed by atoms with Gasteiger partial charge in [0.05, 0.1) is 4.90 Å². The summed E-state index contributed by atoms with van der Waals surface area (Å²) in [6.07, 6.45) is 0. The number of hydrogen-bond donors (Lipinski definition) is 3. The lowest BCUT2D eigenvalue weighted by molar-refractivity contribution is -0.122. The van der Waals surface area contributed by atoms with Crippen molar-refractivity contribution in [1.29, 1.82) is 0 Å². The molecule has 1 amide bonds. The average Bonchev–Trinajstić information content (AvgIpc) is 3.36. The van der Waals surface area contributed by atoms with Gasteiger partial charge in [-0.05, 0) is 48.5 Å². The van der Waals surface area contributed by atoms with E-state index < -0.39 is 10.0 Å². The summed E-state index contributed by atoms with van der Waals surface area (Å²) in [5.41, 5.74) is 1.35. The lowest BCUT2D eigenvalue weighted by Gasteiger charge is -2.10. The van der Waals surface area contributed by atoms with Crippen molar-refractivity contribution in [3.8, 4) is 17.1 Å². The van der Waals surface area contributed by atoms with Gasteiger partial charge in [0.15, 0.2) is 12.4 Å². The molecule has 0 aliphatic rings. The molecular weight excluding hydrogens is 522 g/mol. The Morgan fingerprint density at radius 3 is 2.44 bits per heavy atom. The molecule has 3 aromatic carbocycles. The molecule has 0 saturated heterocycles. The van der Waals surface area contributed by atoms with E-state index in [1.807, 2.05) is 30.3 Å². The van der Waals surface area contributed by atoms with Crippen LogP contribution < -0.4 is 14.8 Å². The standard InChI is InChI=1S/C24H22ClN5O4S2/c25-18-6-8-19(9-7-18)30-36(32,33)21-12-10-20(11-13-21)34-16-22(31)26-14-15-35-24-27-23(28-29-24)17-4-2-1-3-5-17/h1-13,30H,14-16H2,(H,26,31)(H,27,28,29). The van der Waals surface area contributed by atoms with Crippen LogP contribution in [0.25, 0.3) is 11.4 Å². The second kappa shape index (κ2) is 11.9. The van der Waals surface area contributed by atoms with E-state index in [1.165, 1.54) is 36.0 Å². The zero-order chi connectivity index (χ0) is 25.4. The Hall–Kier alpha value is -3.54. The lowest BCUT2D eigenvalue weighted by Crippen LogP contribution is -2.30. The molecule has 36 heavy (non-hydrogen) atoms. The molecule has 3 N–H and O–H groups in total. The van der Waals surface area contributed by atoms with Gasteiger partial charge in [0.1, 0.15) is 5.75 Å². The van der Waals surface area contributed by atoms with E-state index in [2.05, 4.69) is 25.2 Å². The summed E-state index contributed by atoms with van der Waals surface area (Å²) in [5.74, 6) is 1.36. The third-order valence-electron chi connectivity index (χ3n) is 4.77. The summed E-state index contributed by atoms with van der Waals surface area (Å²) in [5, 5.41) is 10.9. The predicted molar refractivity (Wildman–Crippen MR) is 140 cm³/mol. The maximum atomic E-state index is 12.5. The van der Waals surface area contributed by atoms with Crippen molar-refractivity contribution >= 4 is 45.0 Å². The minimum absolute atomic E-state index is 0.0636. The van der Waals surface area contributed by atoms with Crippen LogP contribution in [-0.4, -0.2) is 48.4 Å². The first-order valence-electron chi connectivity index (χ1n) is 10.8. The number of benzene rings is 3. The maximum absolute atomic E-state index is 12.5. The van der Waals surface area contributed by atoms with E-state index in [0.29, 0.717) is 39.7 Å². The first-order chi connectivity index (χ1) is 17.4. The van der Waals surface area contributed by atoms with E-state index in [4.69, 9.17) is 16.3 Å². The van der Waals surface area contributed by atoms with Crippen molar-refractivity contribution in [2.45, 2.75) is 10.1 Å². The highest BCUT2D eigenvalue weighted by atomic mass is 35.5. The van der Waals surface area contributed by atoms with Crippen molar-refractivity contribution in [3.05, 3.63) is 83.9 Å². The highest BCUT2D eigenvalue weighted by Crippen LogP contribution is 2.21. The zero-order valence-corrected chi connectivity index (χ0v) is 21.2. The molecule has 12 heteroatoms. The monoisotopic (exact) mass is 543 g/mol. The first kappa shape index (κ1) is 25.5. The highest BCUT2D eigenvalue weighted by Gasteiger charge is 2.14. The van der Waals surface area contributed by atoms with Gasteiger partial charge in [-0.15, -0.1) is 5.10 Å². The number of carbonyl (C=O) groups excluding carboxylic acids is 1. The second-order valence-corrected chi connectivity index (χ2v) is 10.6. The Morgan fingerprint density at radius 1 is 1.00 bits per heavy atom. The quantitative estimate of drug-likeness (QED) is 0.191. The fourth-order valence-electron chi connectivity index (χ4n) is 3.02. The summed E-state index contributed by atoms with van der Waals surface area (Å²) < 4.78 is 33.0. The van der Waals surface area contributed by atoms with Gasteiger partial charge in [0.25, 0.3) is 15.9 Å². The fraction of sp³-hybridized carbons (Fsp3) is 0.125. The van der Waals surface area contributed by atoms with Gasteiger partial charge in [-0.3, -0.25) is 14.6 Å². The van der Waals surface area contributed by atoms with Crippen LogP contribution in [0.15, 0.2) is 88.9 Å². The fourth-order valence-corrected chi connectivity index (χ4v) is 4.85. The first-order valence-corrected chi connectivity index (χ1v) is 13.6. The van der Waals surface area contributed by atoms with Gasteiger partial charge in [0, 0.05) is 28.6 Å². The Morgan fingerprint density at radius 2 is 1.72 bits per heavy atom. The molecule has 4 aromatic rings. The molecule has 0 fully saturated rings. The molecule has 0 bridgehead atoms. The zero-order valence-electron chi connectivity index (χ0n) is 18.8. The van der Waals surface area contributed by atoms with Crippen molar-refractivity contribution in [2.75, 3.05) is 23.6 Å². The summed E-state index contributed by atoms with van der Waals surface area (Å²) in [6, 6.07) is 21.8. The number of sulfonamides is 1. The summed E-state index contributed by atoms with van der Waals surface area (Å²) >= 11 is 7.24. The molecule has 0 spiro atoms. The van der Waals surface area contributed by atoms with Crippen LogP contribution in [-0.2, 0) is 14.8 Å². The van der Waals surface area contributed by atoms with Crippen LogP contribution in [0.2, 0.25) is 5.02 Å². The van der Waals surface area contributed by atoms with Crippen molar-refractivity contribution in [2.24, 2.45) is 0 Å². The number of aromatic nitrogens is 3. The topological polar surface area (TPSA) is 126 Å². The number of ether oxygens (including phenoxy) is 1. The van der Waals surface area contributed by atoms with Crippen LogP contribution in [0.5, 0.6) is 5.75 Å². The molecule has 0 atom stereocenters. The Kier molecular flexibility index (Phi) is 8.47. The van der Waals surface area contributed by atoms with E-state index in [-0.39, 0.29) is 17.4 Å². The van der Waals surface area contributed by atoms with Crippen molar-refractivity contribution in [1.82, 2.24) is 20.5 Å². The largest absolute Gasteiger partial charge is 0.484 e. The second-order valence-electron chi connectivity index (χ2n) is 7.40. The van der Waals surface area contributed by atoms with Crippen LogP contribution in [0, 0.1) is 0 Å². The molecule has 0 radical (unpaired) electrons. The minimum Gasteiger partial charge on any atom is -0.484 e. The van der Waals surface area contributed by atoms with Crippen LogP contribution in [0.1, 0.15) is 0 Å². The Balaban J connectivity index is 1.18. The number of aromatic amines is 1. The molecule has 9 nitrogen and oxygen atoms in total. The molecule has 1 heterocycles. The highest BCUT2D eigenvalue weighted by molar-refractivity contribution is 7.99. The molecule has 0 aliphatic heterocycles. The van der Waals surface area contributed by atoms with Crippen molar-refractivity contribution in [3.63, 3.8) is 0 Å². The van der Waals surface area contributed by atoms with E-state index in [0.717, 1.165) is 5.56 Å². The van der Waals surface area contributed by atoms with Crippen molar-refractivity contribution < 1.29 is 17.9 Å². The van der Waals surface area contributed by atoms with Gasteiger partial charge < -0.3 is 10.1 Å². The Labute approximate surface area is 217 Å². The molecule has 0 aliphatic carbocycles. The molecule has 0 saturated carbocycles. The maximum Gasteiger partial charge on any atom is 0.261 e. The molecular formula is C24H22ClN5O4S2. The third-order valence-corrected chi connectivity index (χ3v) is 7.27. The number of anilines is 1. The SMILES string of the molecule is O=C(COc1ccc(S(=O)(=O)Nc2ccc(Cl)cc2)cc1)NCCSc1n[nH]c(-c2ccccc2)n1. The number of rotatable bonds is 11. The number of nitrogens with one attached hydrogen (secondary N) is 3. The van der Waals surface area contributed by atoms with E-state index in [9.17, 15) is 13.2 Å². The number of thioether (sulfide) groups is 1. The Bertz CT molecular complexity index is 1400. The molecule has 4 rings (SSSR count). The minimum atomic E-state index is -3.77. The number of H-pyrrole nitrogens is 1. The molecule has 1 aromatic heterocycles. The smallest absolute Gasteiger partial charge is 0.261 e. The van der Waals surface area contributed by atoms with Gasteiger partial charge >= 0.3 is 0 Å². The summed E-state index contributed by atoms with van der Waals surface area (Å²) in [6.45, 7) is 0.216. The van der Waals surface area contributed by atoms with Gasteiger partial charge in [-0.2, -0.15) is 0 Å². The average molecular weight is 544 g/mol. The number of hydrogen-bond acceptors (Lipinski definition) is 7. The number of amides is 1. The van der Waals surface area contributed by atoms with Crippen LogP contribution in [0.4, 0.5) is 5.69 Å². The summed E-state index contributed by atoms with van der Waals surface area (Å²) in [7, 11) is -3.77. The van der Waals surface area contributed by atoms with E-state index >= 15 is 0 Å². The third kappa shape index (κ3) is 7.23. The van der Waals surface area contributed by atoms with Crippen LogP contribution in [0.3, 0.4) is 0 Å². The summed E-state index contributed by atoms with van der Waals surface area (Å²) in [4.78, 5) is 16.6. The normalized spacial score (nSPS) is 11.1. The number of nitrogens with zero attached hydrogens (tertiary/aromatic N) is 2. The van der Waals surface area contributed by atoms with Gasteiger partial charge in [-0.1, -0.05) is 53.7 Å². The van der Waals surface area contributed by atoms with Gasteiger partial charge in [-0.25, -0.2) is 13.4 Å². The number of carbonyl (C=O) groups is 1. The predicted octanol–water partition coefficient (Wildman–Crippen LogP) is 4.21. The number of halogens is 1. The van der Waals surface area contributed by atoms with E-state index in [1.54, 1.807) is 24.3 Å². The lowest BCUT2D eigenvalue weighted by atomic mass is 10.2. The molecule has 186 valence electrons. The molecule has 0 unspecified atom stereocenters. The van der Waals surface area contributed by atoms with Gasteiger partial charge in [0.2, 0.25) is 5.16 Å². The van der Waals surface area contributed by atoms with Crippen LogP contribution >= 0.6 is 23.4 Å².